The van der Waals surface area contributed by atoms with Crippen molar-refractivity contribution in [2.75, 3.05) is 25.2 Å². The average molecular weight is 378 g/mol. The molecule has 1 N–H and O–H groups in total. The minimum atomic E-state index is -0.0675. The van der Waals surface area contributed by atoms with Crippen LogP contribution in [0.2, 0.25) is 0 Å². The summed E-state index contributed by atoms with van der Waals surface area (Å²) in [4.78, 5) is 26.6. The Morgan fingerprint density at radius 3 is 2.54 bits per heavy atom. The number of fused-ring (bicyclic) bond motifs is 1. The van der Waals surface area contributed by atoms with Crippen LogP contribution in [-0.2, 0) is 9.59 Å². The Hall–Kier alpha value is -3.28. The predicted molar refractivity (Wildman–Crippen MR) is 106 cm³/mol. The van der Waals surface area contributed by atoms with Gasteiger partial charge in [-0.2, -0.15) is 0 Å². The molecular formula is C22H22N2O4. The van der Waals surface area contributed by atoms with Crippen LogP contribution in [-0.4, -0.2) is 36.6 Å². The summed E-state index contributed by atoms with van der Waals surface area (Å²) < 4.78 is 10.6. The van der Waals surface area contributed by atoms with Gasteiger partial charge in [-0.05, 0) is 48.7 Å². The number of para-hydroxylation sites is 1. The monoisotopic (exact) mass is 378 g/mol. The van der Waals surface area contributed by atoms with Crippen molar-refractivity contribution in [3.8, 4) is 11.5 Å². The Bertz CT molecular complexity index is 887. The summed E-state index contributed by atoms with van der Waals surface area (Å²) in [6.07, 6.45) is 4.69. The maximum atomic E-state index is 12.5. The molecule has 1 saturated heterocycles. The predicted octanol–water partition coefficient (Wildman–Crippen LogP) is 3.31. The van der Waals surface area contributed by atoms with Crippen LogP contribution in [0.25, 0.3) is 6.08 Å². The third-order valence-corrected chi connectivity index (χ3v) is 5.03. The Morgan fingerprint density at radius 1 is 1.00 bits per heavy atom. The third kappa shape index (κ3) is 4.17. The van der Waals surface area contributed by atoms with Crippen LogP contribution < -0.4 is 14.8 Å². The van der Waals surface area contributed by atoms with Crippen molar-refractivity contribution >= 4 is 23.6 Å². The molecule has 2 aliphatic heterocycles. The first-order chi connectivity index (χ1) is 13.7. The lowest BCUT2D eigenvalue weighted by molar-refractivity contribution is -0.130. The van der Waals surface area contributed by atoms with Crippen LogP contribution in [0.15, 0.2) is 54.6 Å². The van der Waals surface area contributed by atoms with Gasteiger partial charge in [-0.1, -0.05) is 24.3 Å². The van der Waals surface area contributed by atoms with Crippen LogP contribution in [0.5, 0.6) is 11.5 Å². The summed E-state index contributed by atoms with van der Waals surface area (Å²) >= 11 is 0. The van der Waals surface area contributed by atoms with Crippen molar-refractivity contribution in [3.05, 3.63) is 60.2 Å². The van der Waals surface area contributed by atoms with Crippen LogP contribution in [0, 0.1) is 5.92 Å². The Kier molecular flexibility index (Phi) is 5.28. The minimum Gasteiger partial charge on any atom is -0.454 e. The molecule has 28 heavy (non-hydrogen) atoms. The molecule has 2 aromatic rings. The molecule has 2 amide bonds. The fourth-order valence-electron chi connectivity index (χ4n) is 3.42. The fraction of sp³-hybridized carbons (Fsp3) is 0.273. The molecule has 0 spiro atoms. The van der Waals surface area contributed by atoms with Gasteiger partial charge in [0, 0.05) is 30.8 Å². The van der Waals surface area contributed by atoms with Crippen molar-refractivity contribution in [3.63, 3.8) is 0 Å². The van der Waals surface area contributed by atoms with E-state index in [4.69, 9.17) is 9.47 Å². The summed E-state index contributed by atoms with van der Waals surface area (Å²) in [5.41, 5.74) is 1.69. The molecule has 0 bridgehead atoms. The largest absolute Gasteiger partial charge is 0.454 e. The summed E-state index contributed by atoms with van der Waals surface area (Å²) in [5, 5.41) is 2.94. The molecule has 0 unspecified atom stereocenters. The van der Waals surface area contributed by atoms with Crippen molar-refractivity contribution in [2.45, 2.75) is 12.8 Å². The second kappa shape index (κ2) is 8.17. The lowest BCUT2D eigenvalue weighted by Crippen LogP contribution is -2.40. The molecule has 2 aromatic carbocycles. The number of hydrogen-bond acceptors (Lipinski definition) is 4. The number of anilines is 1. The zero-order valence-corrected chi connectivity index (χ0v) is 15.5. The highest BCUT2D eigenvalue weighted by Crippen LogP contribution is 2.32. The zero-order chi connectivity index (χ0) is 19.3. The number of amides is 2. The van der Waals surface area contributed by atoms with Crippen molar-refractivity contribution in [2.24, 2.45) is 5.92 Å². The molecule has 2 aliphatic rings. The van der Waals surface area contributed by atoms with E-state index in [1.54, 1.807) is 17.1 Å². The number of carbonyl (C=O) groups excluding carboxylic acids is 2. The SMILES string of the molecule is O=C(Nc1ccccc1)C1CCN(C(=O)/C=C/c2ccc3c(c2)OCO3)CC1. The van der Waals surface area contributed by atoms with Crippen molar-refractivity contribution < 1.29 is 19.1 Å². The lowest BCUT2D eigenvalue weighted by atomic mass is 9.95. The fourth-order valence-corrected chi connectivity index (χ4v) is 3.42. The van der Waals surface area contributed by atoms with E-state index in [1.807, 2.05) is 48.5 Å². The molecule has 1 fully saturated rings. The van der Waals surface area contributed by atoms with Gasteiger partial charge in [-0.25, -0.2) is 0 Å². The van der Waals surface area contributed by atoms with Crippen LogP contribution in [0.4, 0.5) is 5.69 Å². The van der Waals surface area contributed by atoms with E-state index in [0.29, 0.717) is 31.7 Å². The van der Waals surface area contributed by atoms with Crippen molar-refractivity contribution in [1.82, 2.24) is 4.90 Å². The Morgan fingerprint density at radius 2 is 1.75 bits per heavy atom. The first-order valence-electron chi connectivity index (χ1n) is 9.41. The summed E-state index contributed by atoms with van der Waals surface area (Å²) in [7, 11) is 0. The molecule has 2 heterocycles. The maximum absolute atomic E-state index is 12.5. The Balaban J connectivity index is 1.28. The number of benzene rings is 2. The quantitative estimate of drug-likeness (QED) is 0.829. The van der Waals surface area contributed by atoms with E-state index in [0.717, 1.165) is 17.0 Å². The van der Waals surface area contributed by atoms with E-state index in [-0.39, 0.29) is 24.5 Å². The van der Waals surface area contributed by atoms with E-state index in [2.05, 4.69) is 5.32 Å². The van der Waals surface area contributed by atoms with Crippen LogP contribution in [0.1, 0.15) is 18.4 Å². The minimum absolute atomic E-state index is 0.0224. The lowest BCUT2D eigenvalue weighted by Gasteiger charge is -2.30. The molecule has 6 heteroatoms. The molecule has 0 saturated carbocycles. The number of nitrogens with zero attached hydrogens (tertiary/aromatic N) is 1. The molecule has 0 atom stereocenters. The second-order valence-corrected chi connectivity index (χ2v) is 6.90. The first-order valence-corrected chi connectivity index (χ1v) is 9.41. The molecular weight excluding hydrogens is 356 g/mol. The number of hydrogen-bond donors (Lipinski definition) is 1. The molecule has 0 radical (unpaired) electrons. The Labute approximate surface area is 163 Å². The van der Waals surface area contributed by atoms with Gasteiger partial charge in [0.2, 0.25) is 18.6 Å². The highest BCUT2D eigenvalue weighted by atomic mass is 16.7. The standard InChI is InChI=1S/C22H22N2O4/c25-21(9-7-16-6-8-19-20(14-16)28-15-27-19)24-12-10-17(11-13-24)22(26)23-18-4-2-1-3-5-18/h1-9,14,17H,10-13,15H2,(H,23,26)/b9-7+. The molecule has 144 valence electrons. The zero-order valence-electron chi connectivity index (χ0n) is 15.5. The van der Waals surface area contributed by atoms with E-state index >= 15 is 0 Å². The summed E-state index contributed by atoms with van der Waals surface area (Å²) in [6.45, 7) is 1.39. The van der Waals surface area contributed by atoms with Crippen molar-refractivity contribution in [1.29, 1.82) is 0 Å². The van der Waals surface area contributed by atoms with Gasteiger partial charge in [0.25, 0.3) is 0 Å². The number of likely N-dealkylation sites (tertiary alicyclic amines) is 1. The maximum Gasteiger partial charge on any atom is 0.246 e. The highest BCUT2D eigenvalue weighted by molar-refractivity contribution is 5.94. The molecule has 0 aliphatic carbocycles. The van der Waals surface area contributed by atoms with Gasteiger partial charge in [-0.3, -0.25) is 9.59 Å². The topological polar surface area (TPSA) is 67.9 Å². The van der Waals surface area contributed by atoms with Gasteiger partial charge in [0.05, 0.1) is 0 Å². The molecule has 6 nitrogen and oxygen atoms in total. The van der Waals surface area contributed by atoms with E-state index in [1.165, 1.54) is 0 Å². The first kappa shape index (κ1) is 18.1. The smallest absolute Gasteiger partial charge is 0.246 e. The molecule has 4 rings (SSSR count). The summed E-state index contributed by atoms with van der Waals surface area (Å²) in [5.74, 6) is 1.33. The highest BCUT2D eigenvalue weighted by Gasteiger charge is 2.26. The van der Waals surface area contributed by atoms with Gasteiger partial charge in [0.15, 0.2) is 11.5 Å². The average Bonchev–Trinajstić information content (AvgIpc) is 3.21. The second-order valence-electron chi connectivity index (χ2n) is 6.90. The van der Waals surface area contributed by atoms with E-state index in [9.17, 15) is 9.59 Å². The van der Waals surface area contributed by atoms with Gasteiger partial charge in [-0.15, -0.1) is 0 Å². The van der Waals surface area contributed by atoms with E-state index < -0.39 is 0 Å². The number of ether oxygens (including phenoxy) is 2. The third-order valence-electron chi connectivity index (χ3n) is 5.03. The van der Waals surface area contributed by atoms with Crippen LogP contribution >= 0.6 is 0 Å². The molecule has 0 aromatic heterocycles. The van der Waals surface area contributed by atoms with Crippen LogP contribution in [0.3, 0.4) is 0 Å². The number of rotatable bonds is 4. The number of nitrogens with one attached hydrogen (secondary N) is 1. The summed E-state index contributed by atoms with van der Waals surface area (Å²) in [6, 6.07) is 15.0. The normalized spacial score (nSPS) is 16.4. The van der Waals surface area contributed by atoms with Gasteiger partial charge < -0.3 is 19.7 Å². The van der Waals surface area contributed by atoms with Gasteiger partial charge in [0.1, 0.15) is 0 Å². The number of carbonyl (C=O) groups is 2. The van der Waals surface area contributed by atoms with Gasteiger partial charge >= 0.3 is 0 Å². The number of piperidine rings is 1.